The van der Waals surface area contributed by atoms with Gasteiger partial charge in [-0.15, -0.1) is 0 Å². The molecule has 0 radical (unpaired) electrons. The monoisotopic (exact) mass is 433 g/mol. The molecule has 0 fully saturated rings. The summed E-state index contributed by atoms with van der Waals surface area (Å²) in [5.74, 6) is -0.422. The number of hydrogen-bond donors (Lipinski definition) is 1. The molecular formula is C23H19N3O6. The standard InChI is InChI=1S/C23H19N3O6/c1-15-6-11-20(21(12-15)31-2)22(27)25-24-14-16-7-9-19(10-8-16)32-23(28)17-4-3-5-18(13-17)26(29)30/h3-14H,1-2H3,(H,25,27)/b24-14-. The number of non-ortho nitro benzene ring substituents is 1. The van der Waals surface area contributed by atoms with Crippen LogP contribution in [0.2, 0.25) is 0 Å². The normalized spacial score (nSPS) is 10.6. The van der Waals surface area contributed by atoms with Crippen LogP contribution in [0.1, 0.15) is 31.8 Å². The average Bonchev–Trinajstić information content (AvgIpc) is 2.80. The Morgan fingerprint density at radius 2 is 1.81 bits per heavy atom. The van der Waals surface area contributed by atoms with Crippen LogP contribution in [0.5, 0.6) is 11.5 Å². The molecule has 0 saturated carbocycles. The van der Waals surface area contributed by atoms with Gasteiger partial charge in [-0.1, -0.05) is 12.1 Å². The van der Waals surface area contributed by atoms with Gasteiger partial charge in [-0.05, 0) is 60.5 Å². The Balaban J connectivity index is 1.60. The van der Waals surface area contributed by atoms with Crippen molar-refractivity contribution < 1.29 is 24.0 Å². The molecule has 0 spiro atoms. The van der Waals surface area contributed by atoms with Crippen LogP contribution >= 0.6 is 0 Å². The minimum atomic E-state index is -0.713. The lowest BCUT2D eigenvalue weighted by Gasteiger charge is -2.07. The van der Waals surface area contributed by atoms with Crippen LogP contribution in [0.25, 0.3) is 0 Å². The van der Waals surface area contributed by atoms with Crippen molar-refractivity contribution in [3.05, 3.63) is 99.1 Å². The number of nitrogens with one attached hydrogen (secondary N) is 1. The molecule has 1 N–H and O–H groups in total. The van der Waals surface area contributed by atoms with Gasteiger partial charge in [0.2, 0.25) is 0 Å². The lowest BCUT2D eigenvalue weighted by Crippen LogP contribution is -2.18. The van der Waals surface area contributed by atoms with E-state index in [9.17, 15) is 19.7 Å². The number of benzene rings is 3. The molecule has 0 aliphatic carbocycles. The number of nitro groups is 1. The van der Waals surface area contributed by atoms with E-state index >= 15 is 0 Å². The molecule has 0 unspecified atom stereocenters. The van der Waals surface area contributed by atoms with Crippen LogP contribution in [-0.2, 0) is 0 Å². The van der Waals surface area contributed by atoms with E-state index in [2.05, 4.69) is 10.5 Å². The Morgan fingerprint density at radius 3 is 2.50 bits per heavy atom. The lowest BCUT2D eigenvalue weighted by atomic mass is 10.1. The number of carbonyl (C=O) groups excluding carboxylic acids is 2. The number of methoxy groups -OCH3 is 1. The summed E-state index contributed by atoms with van der Waals surface area (Å²) in [7, 11) is 1.49. The highest BCUT2D eigenvalue weighted by Gasteiger charge is 2.14. The van der Waals surface area contributed by atoms with Crippen LogP contribution in [0.4, 0.5) is 5.69 Å². The van der Waals surface area contributed by atoms with Gasteiger partial charge in [0.05, 0.1) is 29.4 Å². The highest BCUT2D eigenvalue weighted by Crippen LogP contribution is 2.20. The molecular weight excluding hydrogens is 414 g/mol. The highest BCUT2D eigenvalue weighted by molar-refractivity contribution is 5.97. The summed E-state index contributed by atoms with van der Waals surface area (Å²) in [5, 5.41) is 14.8. The Morgan fingerprint density at radius 1 is 1.06 bits per heavy atom. The van der Waals surface area contributed by atoms with E-state index in [4.69, 9.17) is 9.47 Å². The molecule has 32 heavy (non-hydrogen) atoms. The fraction of sp³-hybridized carbons (Fsp3) is 0.0870. The highest BCUT2D eigenvalue weighted by atomic mass is 16.6. The summed E-state index contributed by atoms with van der Waals surface area (Å²) >= 11 is 0. The number of hydrogen-bond acceptors (Lipinski definition) is 7. The number of ether oxygens (including phenoxy) is 2. The van der Waals surface area contributed by atoms with E-state index < -0.39 is 16.8 Å². The Bertz CT molecular complexity index is 1190. The van der Waals surface area contributed by atoms with Gasteiger partial charge in [0.15, 0.2) is 0 Å². The molecule has 0 atom stereocenters. The first-order chi connectivity index (χ1) is 15.4. The van der Waals surface area contributed by atoms with Crippen LogP contribution in [0.3, 0.4) is 0 Å². The molecule has 162 valence electrons. The first-order valence-corrected chi connectivity index (χ1v) is 9.42. The van der Waals surface area contributed by atoms with E-state index in [1.54, 1.807) is 42.5 Å². The topological polar surface area (TPSA) is 120 Å². The summed E-state index contributed by atoms with van der Waals surface area (Å²) < 4.78 is 10.5. The van der Waals surface area contributed by atoms with E-state index in [1.807, 2.05) is 6.92 Å². The minimum Gasteiger partial charge on any atom is -0.496 e. The summed E-state index contributed by atoms with van der Waals surface area (Å²) in [5.41, 5.74) is 4.28. The van der Waals surface area contributed by atoms with Crippen LogP contribution in [-0.4, -0.2) is 30.1 Å². The number of amides is 1. The van der Waals surface area contributed by atoms with E-state index in [0.29, 0.717) is 16.9 Å². The minimum absolute atomic E-state index is 0.0686. The van der Waals surface area contributed by atoms with E-state index in [-0.39, 0.29) is 17.0 Å². The zero-order valence-corrected chi connectivity index (χ0v) is 17.3. The molecule has 3 rings (SSSR count). The fourth-order valence-corrected chi connectivity index (χ4v) is 2.75. The van der Waals surface area contributed by atoms with Gasteiger partial charge in [0.25, 0.3) is 11.6 Å². The number of nitro benzene ring substituents is 1. The predicted molar refractivity (Wildman–Crippen MR) is 117 cm³/mol. The fourth-order valence-electron chi connectivity index (χ4n) is 2.75. The maximum absolute atomic E-state index is 12.3. The summed E-state index contributed by atoms with van der Waals surface area (Å²) in [6, 6.07) is 16.9. The molecule has 0 saturated heterocycles. The SMILES string of the molecule is COc1cc(C)ccc1C(=O)N/N=C\c1ccc(OC(=O)c2cccc([N+](=O)[O-])c2)cc1. The third-order valence-electron chi connectivity index (χ3n) is 4.36. The van der Waals surface area contributed by atoms with Gasteiger partial charge in [0, 0.05) is 12.1 Å². The van der Waals surface area contributed by atoms with Crippen molar-refractivity contribution in [2.24, 2.45) is 5.10 Å². The molecule has 3 aromatic rings. The van der Waals surface area contributed by atoms with Crippen LogP contribution < -0.4 is 14.9 Å². The molecule has 9 heteroatoms. The average molecular weight is 433 g/mol. The molecule has 9 nitrogen and oxygen atoms in total. The third-order valence-corrected chi connectivity index (χ3v) is 4.36. The number of aryl methyl sites for hydroxylation is 1. The van der Waals surface area contributed by atoms with Crippen molar-refractivity contribution in [3.8, 4) is 11.5 Å². The Labute approximate surface area is 183 Å². The van der Waals surface area contributed by atoms with Crippen molar-refractivity contribution in [3.63, 3.8) is 0 Å². The van der Waals surface area contributed by atoms with Gasteiger partial charge < -0.3 is 9.47 Å². The van der Waals surface area contributed by atoms with Crippen molar-refractivity contribution in [2.75, 3.05) is 7.11 Å². The molecule has 3 aromatic carbocycles. The number of hydrazone groups is 1. The maximum Gasteiger partial charge on any atom is 0.343 e. The summed E-state index contributed by atoms with van der Waals surface area (Å²) in [6.45, 7) is 1.90. The summed E-state index contributed by atoms with van der Waals surface area (Å²) in [6.07, 6.45) is 1.44. The first-order valence-electron chi connectivity index (χ1n) is 9.42. The maximum atomic E-state index is 12.3. The number of esters is 1. The largest absolute Gasteiger partial charge is 0.496 e. The smallest absolute Gasteiger partial charge is 0.343 e. The van der Waals surface area contributed by atoms with Crippen LogP contribution in [0.15, 0.2) is 71.8 Å². The van der Waals surface area contributed by atoms with Crippen molar-refractivity contribution >= 4 is 23.8 Å². The van der Waals surface area contributed by atoms with E-state index in [0.717, 1.165) is 11.6 Å². The second-order valence-electron chi connectivity index (χ2n) is 6.67. The zero-order chi connectivity index (χ0) is 23.1. The number of rotatable bonds is 7. The van der Waals surface area contributed by atoms with Gasteiger partial charge in [-0.2, -0.15) is 5.10 Å². The first kappa shape index (κ1) is 22.2. The quantitative estimate of drug-likeness (QED) is 0.198. The van der Waals surface area contributed by atoms with Gasteiger partial charge in [-0.3, -0.25) is 14.9 Å². The lowest BCUT2D eigenvalue weighted by molar-refractivity contribution is -0.384. The van der Waals surface area contributed by atoms with Crippen LogP contribution in [0, 0.1) is 17.0 Å². The molecule has 0 aliphatic heterocycles. The zero-order valence-electron chi connectivity index (χ0n) is 17.3. The van der Waals surface area contributed by atoms with Crippen molar-refractivity contribution in [2.45, 2.75) is 6.92 Å². The van der Waals surface area contributed by atoms with Gasteiger partial charge >= 0.3 is 5.97 Å². The van der Waals surface area contributed by atoms with Gasteiger partial charge in [-0.25, -0.2) is 10.2 Å². The Hall–Kier alpha value is -4.53. The Kier molecular flexibility index (Phi) is 6.92. The second kappa shape index (κ2) is 9.98. The predicted octanol–water partition coefficient (Wildman–Crippen LogP) is 3.89. The number of carbonyl (C=O) groups is 2. The van der Waals surface area contributed by atoms with E-state index in [1.165, 1.54) is 31.5 Å². The molecule has 0 bridgehead atoms. The van der Waals surface area contributed by atoms with Crippen molar-refractivity contribution in [1.29, 1.82) is 0 Å². The molecule has 1 amide bonds. The molecule has 0 aliphatic rings. The third kappa shape index (κ3) is 5.54. The molecule has 0 aromatic heterocycles. The number of nitrogens with zero attached hydrogens (tertiary/aromatic N) is 2. The molecule has 0 heterocycles. The van der Waals surface area contributed by atoms with Gasteiger partial charge in [0.1, 0.15) is 11.5 Å². The summed E-state index contributed by atoms with van der Waals surface area (Å²) in [4.78, 5) is 34.7. The van der Waals surface area contributed by atoms with Crippen molar-refractivity contribution in [1.82, 2.24) is 5.43 Å². The second-order valence-corrected chi connectivity index (χ2v) is 6.67.